The Balaban J connectivity index is 2.15. The maximum atomic E-state index is 13.0. The lowest BCUT2D eigenvalue weighted by Gasteiger charge is -2.27. The Morgan fingerprint density at radius 2 is 2.03 bits per heavy atom. The first-order valence-corrected chi connectivity index (χ1v) is 9.62. The van der Waals surface area contributed by atoms with Gasteiger partial charge in [0.05, 0.1) is 6.07 Å². The van der Waals surface area contributed by atoms with E-state index in [9.17, 15) is 32.8 Å². The minimum atomic E-state index is -4.91. The molecule has 0 aliphatic carbocycles. The summed E-state index contributed by atoms with van der Waals surface area (Å²) < 4.78 is 43.3. The summed E-state index contributed by atoms with van der Waals surface area (Å²) in [6.45, 7) is 5.83. The minimum absolute atomic E-state index is 0.0826. The first-order valence-electron chi connectivity index (χ1n) is 9.62. The maximum Gasteiger partial charge on any atom is 0.437 e. The molecule has 1 fully saturated rings. The van der Waals surface area contributed by atoms with Crippen LogP contribution in [0.2, 0.25) is 0 Å². The normalized spacial score (nSPS) is 18.6. The van der Waals surface area contributed by atoms with Gasteiger partial charge in [-0.3, -0.25) is 14.4 Å². The highest BCUT2D eigenvalue weighted by atomic mass is 19.4. The van der Waals surface area contributed by atoms with Crippen molar-refractivity contribution in [1.29, 1.82) is 5.26 Å². The van der Waals surface area contributed by atoms with Crippen LogP contribution in [0.4, 0.5) is 13.2 Å². The molecule has 0 aromatic carbocycles. The largest absolute Gasteiger partial charge is 0.437 e. The van der Waals surface area contributed by atoms with Crippen molar-refractivity contribution in [2.75, 3.05) is 6.54 Å². The van der Waals surface area contributed by atoms with Crippen molar-refractivity contribution in [3.63, 3.8) is 0 Å². The van der Waals surface area contributed by atoms with E-state index in [0.29, 0.717) is 19.2 Å². The molecular weight excluding hydrogens is 419 g/mol. The molecule has 1 aromatic heterocycles. The van der Waals surface area contributed by atoms with Crippen LogP contribution in [-0.4, -0.2) is 41.5 Å². The highest BCUT2D eigenvalue weighted by molar-refractivity contribution is 5.98. The summed E-state index contributed by atoms with van der Waals surface area (Å²) in [6.07, 6.45) is -3.65. The molecule has 0 radical (unpaired) electrons. The van der Waals surface area contributed by atoms with Gasteiger partial charge in [-0.05, 0) is 24.7 Å². The Morgan fingerprint density at radius 1 is 1.35 bits per heavy atom. The molecule has 9 nitrogen and oxygen atoms in total. The lowest BCUT2D eigenvalue weighted by Crippen LogP contribution is -2.51. The molecule has 2 rings (SSSR count). The van der Waals surface area contributed by atoms with Gasteiger partial charge in [0.2, 0.25) is 11.8 Å². The number of carbonyl (C=O) groups is 3. The summed E-state index contributed by atoms with van der Waals surface area (Å²) in [7, 11) is 0. The van der Waals surface area contributed by atoms with Gasteiger partial charge in [-0.15, -0.1) is 0 Å². The Labute approximate surface area is 176 Å². The van der Waals surface area contributed by atoms with Crippen molar-refractivity contribution in [2.45, 2.75) is 58.3 Å². The van der Waals surface area contributed by atoms with E-state index in [1.165, 1.54) is 0 Å². The van der Waals surface area contributed by atoms with Gasteiger partial charge in [0.25, 0.3) is 5.91 Å². The van der Waals surface area contributed by atoms with E-state index in [4.69, 9.17) is 0 Å². The summed E-state index contributed by atoms with van der Waals surface area (Å²) in [6, 6.07) is -0.314. The third-order valence-electron chi connectivity index (χ3n) is 4.68. The Kier molecular flexibility index (Phi) is 7.30. The molecular formula is C19H24F3N5O4. The van der Waals surface area contributed by atoms with E-state index >= 15 is 0 Å². The third-order valence-corrected chi connectivity index (χ3v) is 4.68. The summed E-state index contributed by atoms with van der Waals surface area (Å²) in [5, 5.41) is 19.6. The zero-order valence-electron chi connectivity index (χ0n) is 17.3. The molecule has 2 heterocycles. The van der Waals surface area contributed by atoms with Crippen LogP contribution in [0.1, 0.15) is 56.1 Å². The topological polar surface area (TPSA) is 137 Å². The van der Waals surface area contributed by atoms with Gasteiger partial charge < -0.3 is 20.5 Å². The molecule has 12 heteroatoms. The van der Waals surface area contributed by atoms with Crippen molar-refractivity contribution in [1.82, 2.24) is 21.1 Å². The van der Waals surface area contributed by atoms with Crippen LogP contribution in [0.3, 0.4) is 0 Å². The predicted molar refractivity (Wildman–Crippen MR) is 100 cm³/mol. The maximum absolute atomic E-state index is 13.0. The molecule has 0 spiro atoms. The van der Waals surface area contributed by atoms with Crippen LogP contribution in [-0.2, 0) is 15.8 Å². The molecule has 0 saturated carbocycles. The van der Waals surface area contributed by atoms with Crippen LogP contribution in [0.15, 0.2) is 10.8 Å². The number of aromatic nitrogens is 1. The highest BCUT2D eigenvalue weighted by Crippen LogP contribution is 2.31. The van der Waals surface area contributed by atoms with Gasteiger partial charge >= 0.3 is 6.18 Å². The van der Waals surface area contributed by atoms with Gasteiger partial charge in [0.1, 0.15) is 23.9 Å². The number of hydrogen-bond donors (Lipinski definition) is 3. The molecule has 1 aromatic rings. The molecule has 31 heavy (non-hydrogen) atoms. The first kappa shape index (κ1) is 24.2. The SMILES string of the molecule is CC(C)(C)C[C@H](NC(=O)c1conc1C(F)(F)F)C(=O)N[C@H](C#N)C[C@@H]1CCNC1=O. The van der Waals surface area contributed by atoms with Crippen molar-refractivity contribution < 1.29 is 32.1 Å². The molecule has 3 atom stereocenters. The summed E-state index contributed by atoms with van der Waals surface area (Å²) in [4.78, 5) is 37.0. The first-order chi connectivity index (χ1) is 14.3. The fraction of sp³-hybridized carbons (Fsp3) is 0.632. The van der Waals surface area contributed by atoms with Crippen LogP contribution in [0.25, 0.3) is 0 Å². The van der Waals surface area contributed by atoms with E-state index in [0.717, 1.165) is 0 Å². The Morgan fingerprint density at radius 3 is 2.55 bits per heavy atom. The standard InChI is InChI=1S/C19H24F3N5O4/c1-18(2,3)7-13(26-16(29)12-9-31-27-14(12)19(20,21)22)17(30)25-11(8-23)6-10-4-5-24-15(10)28/h9-11,13H,4-7H2,1-3H3,(H,24,28)(H,25,30)(H,26,29)/t10-,11-,13-/m0/s1. The summed E-state index contributed by atoms with van der Waals surface area (Å²) in [5.41, 5.74) is -2.83. The molecule has 3 N–H and O–H groups in total. The second-order valence-electron chi connectivity index (χ2n) is 8.57. The van der Waals surface area contributed by atoms with Crippen LogP contribution >= 0.6 is 0 Å². The summed E-state index contributed by atoms with van der Waals surface area (Å²) >= 11 is 0. The van der Waals surface area contributed by atoms with Gasteiger partial charge in [0.15, 0.2) is 5.69 Å². The number of carbonyl (C=O) groups excluding carboxylic acids is 3. The number of hydrogen-bond acceptors (Lipinski definition) is 6. The number of halogens is 3. The average molecular weight is 443 g/mol. The van der Waals surface area contributed by atoms with E-state index in [2.05, 4.69) is 25.6 Å². The fourth-order valence-corrected chi connectivity index (χ4v) is 3.23. The summed E-state index contributed by atoms with van der Waals surface area (Å²) in [5.74, 6) is -2.55. The Bertz CT molecular complexity index is 869. The molecule has 1 aliphatic heterocycles. The number of nitrogens with zero attached hydrogens (tertiary/aromatic N) is 2. The number of alkyl halides is 3. The minimum Gasteiger partial charge on any atom is -0.363 e. The van der Waals surface area contributed by atoms with E-state index in [-0.39, 0.29) is 18.7 Å². The third kappa shape index (κ3) is 6.70. The predicted octanol–water partition coefficient (Wildman–Crippen LogP) is 1.76. The number of rotatable bonds is 7. The fourth-order valence-electron chi connectivity index (χ4n) is 3.23. The van der Waals surface area contributed by atoms with Crippen molar-refractivity contribution >= 4 is 17.7 Å². The zero-order chi connectivity index (χ0) is 23.4. The van der Waals surface area contributed by atoms with Crippen molar-refractivity contribution in [3.05, 3.63) is 17.5 Å². The van der Waals surface area contributed by atoms with Gasteiger partial charge in [-0.25, -0.2) is 0 Å². The van der Waals surface area contributed by atoms with Crippen molar-refractivity contribution in [2.24, 2.45) is 11.3 Å². The van der Waals surface area contributed by atoms with E-state index < -0.39 is 52.7 Å². The quantitative estimate of drug-likeness (QED) is 0.587. The van der Waals surface area contributed by atoms with E-state index in [1.54, 1.807) is 20.8 Å². The molecule has 1 aliphatic rings. The van der Waals surface area contributed by atoms with Gasteiger partial charge in [0, 0.05) is 12.5 Å². The van der Waals surface area contributed by atoms with Crippen molar-refractivity contribution in [3.8, 4) is 6.07 Å². The zero-order valence-corrected chi connectivity index (χ0v) is 17.3. The lowest BCUT2D eigenvalue weighted by atomic mass is 9.87. The van der Waals surface area contributed by atoms with Crippen LogP contribution < -0.4 is 16.0 Å². The molecule has 0 bridgehead atoms. The molecule has 3 amide bonds. The van der Waals surface area contributed by atoms with Crippen LogP contribution in [0.5, 0.6) is 0 Å². The average Bonchev–Trinajstić information content (AvgIpc) is 3.28. The smallest absolute Gasteiger partial charge is 0.363 e. The number of nitriles is 1. The molecule has 0 unspecified atom stereocenters. The lowest BCUT2D eigenvalue weighted by molar-refractivity contribution is -0.143. The Hall–Kier alpha value is -3.10. The molecule has 170 valence electrons. The highest BCUT2D eigenvalue weighted by Gasteiger charge is 2.40. The second kappa shape index (κ2) is 9.36. The van der Waals surface area contributed by atoms with Crippen LogP contribution in [0, 0.1) is 22.7 Å². The monoisotopic (exact) mass is 443 g/mol. The number of nitrogens with one attached hydrogen (secondary N) is 3. The van der Waals surface area contributed by atoms with Gasteiger partial charge in [-0.1, -0.05) is 25.9 Å². The number of amides is 3. The van der Waals surface area contributed by atoms with Gasteiger partial charge in [-0.2, -0.15) is 18.4 Å². The second-order valence-corrected chi connectivity index (χ2v) is 8.57. The molecule has 1 saturated heterocycles. The van der Waals surface area contributed by atoms with E-state index in [1.807, 2.05) is 6.07 Å².